The zero-order valence-electron chi connectivity index (χ0n) is 5.90. The lowest BCUT2D eigenvalue weighted by atomic mass is 10.1. The van der Waals surface area contributed by atoms with Gasteiger partial charge < -0.3 is 5.73 Å². The van der Waals surface area contributed by atoms with Crippen LogP contribution in [0.1, 0.15) is 10.4 Å². The van der Waals surface area contributed by atoms with Crippen LogP contribution < -0.4 is 5.73 Å². The number of ketones is 1. The van der Waals surface area contributed by atoms with Gasteiger partial charge in [0, 0.05) is 5.56 Å². The molecule has 2 nitrogen and oxygen atoms in total. The second-order valence-electron chi connectivity index (χ2n) is 2.18. The number of thiol groups is 1. The third kappa shape index (κ3) is 2.06. The predicted octanol–water partition coefficient (Wildman–Crippen LogP) is 1.08. The first kappa shape index (κ1) is 8.30. The van der Waals surface area contributed by atoms with Gasteiger partial charge in [-0.15, -0.1) is 0 Å². The number of benzene rings is 1. The summed E-state index contributed by atoms with van der Waals surface area (Å²) in [7, 11) is 0. The Morgan fingerprint density at radius 2 is 1.91 bits per heavy atom. The highest BCUT2D eigenvalue weighted by Gasteiger charge is 2.09. The SMILES string of the molecule is NC(S)C(=O)c1ccccc1. The topological polar surface area (TPSA) is 43.1 Å². The molecule has 2 N–H and O–H groups in total. The fraction of sp³-hybridized carbons (Fsp3) is 0.125. The average Bonchev–Trinajstić information content (AvgIpc) is 2.05. The van der Waals surface area contributed by atoms with Gasteiger partial charge in [0.15, 0.2) is 5.78 Å². The Kier molecular flexibility index (Phi) is 2.68. The van der Waals surface area contributed by atoms with Gasteiger partial charge in [-0.3, -0.25) is 4.79 Å². The van der Waals surface area contributed by atoms with Crippen LogP contribution in [0.5, 0.6) is 0 Å². The summed E-state index contributed by atoms with van der Waals surface area (Å²) in [5.74, 6) is -0.145. The molecule has 0 aliphatic carbocycles. The van der Waals surface area contributed by atoms with Gasteiger partial charge in [-0.25, -0.2) is 0 Å². The van der Waals surface area contributed by atoms with Crippen molar-refractivity contribution in [1.29, 1.82) is 0 Å². The molecule has 0 aromatic heterocycles. The van der Waals surface area contributed by atoms with Gasteiger partial charge in [0.1, 0.15) is 5.37 Å². The van der Waals surface area contributed by atoms with E-state index < -0.39 is 5.37 Å². The van der Waals surface area contributed by atoms with Crippen molar-refractivity contribution in [3.05, 3.63) is 35.9 Å². The Morgan fingerprint density at radius 1 is 1.36 bits per heavy atom. The number of carbonyl (C=O) groups excluding carboxylic acids is 1. The van der Waals surface area contributed by atoms with E-state index in [1.54, 1.807) is 24.3 Å². The van der Waals surface area contributed by atoms with Crippen LogP contribution >= 0.6 is 12.6 Å². The quantitative estimate of drug-likeness (QED) is 0.393. The van der Waals surface area contributed by atoms with Gasteiger partial charge in [0.25, 0.3) is 0 Å². The van der Waals surface area contributed by atoms with Crippen molar-refractivity contribution in [3.63, 3.8) is 0 Å². The van der Waals surface area contributed by atoms with Crippen LogP contribution in [0.2, 0.25) is 0 Å². The van der Waals surface area contributed by atoms with E-state index >= 15 is 0 Å². The molecule has 1 atom stereocenters. The third-order valence-corrected chi connectivity index (χ3v) is 1.56. The molecule has 0 amide bonds. The van der Waals surface area contributed by atoms with E-state index in [2.05, 4.69) is 12.6 Å². The van der Waals surface area contributed by atoms with Crippen LogP contribution in [0.15, 0.2) is 30.3 Å². The van der Waals surface area contributed by atoms with Crippen LogP contribution in [0, 0.1) is 0 Å². The average molecular weight is 167 g/mol. The summed E-state index contributed by atoms with van der Waals surface area (Å²) in [5, 5.41) is -0.711. The first-order valence-corrected chi connectivity index (χ1v) is 3.76. The zero-order chi connectivity index (χ0) is 8.27. The maximum atomic E-state index is 11.1. The lowest BCUT2D eigenvalue weighted by molar-refractivity contribution is 0.0991. The van der Waals surface area contributed by atoms with Crippen molar-refractivity contribution in [1.82, 2.24) is 0 Å². The molecule has 0 fully saturated rings. The van der Waals surface area contributed by atoms with Gasteiger partial charge >= 0.3 is 0 Å². The van der Waals surface area contributed by atoms with Crippen molar-refractivity contribution in [2.24, 2.45) is 5.73 Å². The van der Waals surface area contributed by atoms with E-state index in [-0.39, 0.29) is 5.78 Å². The van der Waals surface area contributed by atoms with Crippen LogP contribution in [-0.2, 0) is 0 Å². The second-order valence-corrected chi connectivity index (χ2v) is 2.73. The highest BCUT2D eigenvalue weighted by molar-refractivity contribution is 7.81. The van der Waals surface area contributed by atoms with E-state index in [0.29, 0.717) is 5.56 Å². The van der Waals surface area contributed by atoms with E-state index in [1.165, 1.54) is 0 Å². The molecule has 0 aliphatic rings. The monoisotopic (exact) mass is 167 g/mol. The molecule has 0 bridgehead atoms. The fourth-order valence-electron chi connectivity index (χ4n) is 0.773. The predicted molar refractivity (Wildman–Crippen MR) is 47.7 cm³/mol. The molecular formula is C8H9NOS. The molecule has 1 aromatic rings. The Balaban J connectivity index is 2.86. The van der Waals surface area contributed by atoms with E-state index in [0.717, 1.165) is 0 Å². The molecule has 58 valence electrons. The van der Waals surface area contributed by atoms with Crippen molar-refractivity contribution >= 4 is 18.4 Å². The molecular weight excluding hydrogens is 158 g/mol. The fourth-order valence-corrected chi connectivity index (χ4v) is 0.922. The van der Waals surface area contributed by atoms with E-state index in [4.69, 9.17) is 5.73 Å². The largest absolute Gasteiger partial charge is 0.313 e. The van der Waals surface area contributed by atoms with Gasteiger partial charge in [-0.05, 0) is 0 Å². The summed E-state index contributed by atoms with van der Waals surface area (Å²) in [6.45, 7) is 0. The standard InChI is InChI=1S/C8H9NOS/c9-8(11)7(10)6-4-2-1-3-5-6/h1-5,8,11H,9H2. The maximum Gasteiger partial charge on any atom is 0.189 e. The van der Waals surface area contributed by atoms with Gasteiger partial charge in [0.2, 0.25) is 0 Å². The lowest BCUT2D eigenvalue weighted by Gasteiger charge is -2.01. The minimum absolute atomic E-state index is 0.145. The van der Waals surface area contributed by atoms with Gasteiger partial charge in [-0.2, -0.15) is 12.6 Å². The molecule has 11 heavy (non-hydrogen) atoms. The zero-order valence-corrected chi connectivity index (χ0v) is 6.79. The van der Waals surface area contributed by atoms with Gasteiger partial charge in [0.05, 0.1) is 0 Å². The minimum Gasteiger partial charge on any atom is -0.313 e. The minimum atomic E-state index is -0.711. The molecule has 0 saturated heterocycles. The second kappa shape index (κ2) is 3.55. The smallest absolute Gasteiger partial charge is 0.189 e. The van der Waals surface area contributed by atoms with Crippen LogP contribution in [-0.4, -0.2) is 11.2 Å². The number of Topliss-reactive ketones (excluding diaryl/α,β-unsaturated/α-hetero) is 1. The first-order valence-electron chi connectivity index (χ1n) is 3.25. The number of hydrogen-bond donors (Lipinski definition) is 2. The summed E-state index contributed by atoms with van der Waals surface area (Å²) in [6, 6.07) is 8.88. The van der Waals surface area contributed by atoms with Crippen molar-refractivity contribution in [2.75, 3.05) is 0 Å². The highest BCUT2D eigenvalue weighted by Crippen LogP contribution is 2.03. The highest BCUT2D eigenvalue weighted by atomic mass is 32.1. The Labute approximate surface area is 70.8 Å². The Hall–Kier alpha value is -0.800. The summed E-state index contributed by atoms with van der Waals surface area (Å²) < 4.78 is 0. The van der Waals surface area contributed by atoms with Gasteiger partial charge in [-0.1, -0.05) is 30.3 Å². The lowest BCUT2D eigenvalue weighted by Crippen LogP contribution is -2.23. The van der Waals surface area contributed by atoms with Crippen molar-refractivity contribution in [2.45, 2.75) is 5.37 Å². The summed E-state index contributed by atoms with van der Waals surface area (Å²) in [6.07, 6.45) is 0. The van der Waals surface area contributed by atoms with E-state index in [1.807, 2.05) is 6.07 Å². The summed E-state index contributed by atoms with van der Waals surface area (Å²) >= 11 is 3.83. The number of hydrogen-bond acceptors (Lipinski definition) is 3. The normalized spacial score (nSPS) is 12.5. The molecule has 0 aliphatic heterocycles. The Bertz CT molecular complexity index is 246. The molecule has 3 heteroatoms. The molecule has 1 rings (SSSR count). The molecule has 0 heterocycles. The first-order chi connectivity index (χ1) is 5.22. The van der Waals surface area contributed by atoms with Crippen molar-refractivity contribution in [3.8, 4) is 0 Å². The summed E-state index contributed by atoms with van der Waals surface area (Å²) in [5.41, 5.74) is 5.89. The van der Waals surface area contributed by atoms with Crippen LogP contribution in [0.4, 0.5) is 0 Å². The molecule has 0 saturated carbocycles. The number of nitrogens with two attached hydrogens (primary N) is 1. The van der Waals surface area contributed by atoms with Crippen LogP contribution in [0.25, 0.3) is 0 Å². The number of rotatable bonds is 2. The molecule has 0 radical (unpaired) electrons. The third-order valence-electron chi connectivity index (χ3n) is 1.33. The van der Waals surface area contributed by atoms with Crippen molar-refractivity contribution < 1.29 is 4.79 Å². The van der Waals surface area contributed by atoms with E-state index in [9.17, 15) is 4.79 Å². The van der Waals surface area contributed by atoms with Crippen LogP contribution in [0.3, 0.4) is 0 Å². The number of carbonyl (C=O) groups is 1. The molecule has 0 spiro atoms. The molecule has 1 aromatic carbocycles. The summed E-state index contributed by atoms with van der Waals surface area (Å²) in [4.78, 5) is 11.1. The molecule has 1 unspecified atom stereocenters. The Morgan fingerprint density at radius 3 is 2.36 bits per heavy atom. The maximum absolute atomic E-state index is 11.1.